The van der Waals surface area contributed by atoms with Gasteiger partial charge in [-0.3, -0.25) is 4.98 Å². The maximum Gasteiger partial charge on any atom is 0.0705 e. The van der Waals surface area contributed by atoms with E-state index in [4.69, 9.17) is 5.73 Å². The van der Waals surface area contributed by atoms with Crippen molar-refractivity contribution >= 4 is 10.9 Å². The minimum Gasteiger partial charge on any atom is -0.326 e. The Balaban J connectivity index is 2.84. The molecule has 2 nitrogen and oxygen atoms in total. The minimum absolute atomic E-state index is 0.578. The predicted octanol–water partition coefficient (Wildman–Crippen LogP) is 2.00. The van der Waals surface area contributed by atoms with E-state index in [1.165, 1.54) is 16.5 Å². The summed E-state index contributed by atoms with van der Waals surface area (Å²) in [5.74, 6) is 0. The highest BCUT2D eigenvalue weighted by molar-refractivity contribution is 5.83. The first-order chi connectivity index (χ1) is 6.33. The van der Waals surface area contributed by atoms with E-state index < -0.39 is 0 Å². The van der Waals surface area contributed by atoms with E-state index in [-0.39, 0.29) is 0 Å². The van der Waals surface area contributed by atoms with E-state index in [0.29, 0.717) is 6.54 Å². The predicted molar refractivity (Wildman–Crippen MR) is 54.4 cm³/mol. The van der Waals surface area contributed by atoms with Gasteiger partial charge in [-0.05, 0) is 30.2 Å². The van der Waals surface area contributed by atoms with E-state index >= 15 is 0 Å². The summed E-state index contributed by atoms with van der Waals surface area (Å²) in [7, 11) is 0. The number of fused-ring (bicyclic) bond motifs is 1. The molecule has 0 aliphatic heterocycles. The van der Waals surface area contributed by atoms with Crippen LogP contribution in [0.5, 0.6) is 0 Å². The normalized spacial score (nSPS) is 10.6. The van der Waals surface area contributed by atoms with Crippen LogP contribution < -0.4 is 5.73 Å². The van der Waals surface area contributed by atoms with Crippen LogP contribution in [-0.2, 0) is 6.54 Å². The van der Waals surface area contributed by atoms with Crippen LogP contribution >= 0.6 is 0 Å². The van der Waals surface area contributed by atoms with Crippen molar-refractivity contribution in [3.05, 3.63) is 41.6 Å². The molecular formula is C11H12N2. The average Bonchev–Trinajstić information content (AvgIpc) is 2.18. The molecule has 66 valence electrons. The van der Waals surface area contributed by atoms with Gasteiger partial charge in [0.25, 0.3) is 0 Å². The zero-order valence-electron chi connectivity index (χ0n) is 7.62. The van der Waals surface area contributed by atoms with Crippen molar-refractivity contribution in [2.24, 2.45) is 5.73 Å². The molecule has 0 aliphatic carbocycles. The molecule has 2 aromatic rings. The summed E-state index contributed by atoms with van der Waals surface area (Å²) in [6, 6.07) is 8.11. The molecule has 0 aliphatic rings. The second-order valence-electron chi connectivity index (χ2n) is 3.14. The van der Waals surface area contributed by atoms with E-state index in [9.17, 15) is 0 Å². The third kappa shape index (κ3) is 1.29. The lowest BCUT2D eigenvalue weighted by atomic mass is 10.0. The Kier molecular flexibility index (Phi) is 1.99. The molecule has 1 aromatic heterocycles. The summed E-state index contributed by atoms with van der Waals surface area (Å²) in [5, 5.41) is 1.17. The molecule has 2 N–H and O–H groups in total. The van der Waals surface area contributed by atoms with Crippen molar-refractivity contribution in [1.29, 1.82) is 0 Å². The fourth-order valence-electron chi connectivity index (χ4n) is 1.59. The van der Waals surface area contributed by atoms with Gasteiger partial charge in [0.1, 0.15) is 0 Å². The number of aryl methyl sites for hydroxylation is 1. The zero-order chi connectivity index (χ0) is 9.26. The van der Waals surface area contributed by atoms with Crippen LogP contribution in [-0.4, -0.2) is 4.98 Å². The summed E-state index contributed by atoms with van der Waals surface area (Å²) in [5.41, 5.74) is 9.15. The number of hydrogen-bond donors (Lipinski definition) is 1. The first kappa shape index (κ1) is 8.20. The largest absolute Gasteiger partial charge is 0.326 e. The van der Waals surface area contributed by atoms with E-state index in [0.717, 1.165) is 5.52 Å². The summed E-state index contributed by atoms with van der Waals surface area (Å²) in [6.07, 6.45) is 1.80. The number of nitrogens with zero attached hydrogens (tertiary/aromatic N) is 1. The van der Waals surface area contributed by atoms with Gasteiger partial charge >= 0.3 is 0 Å². The van der Waals surface area contributed by atoms with Gasteiger partial charge in [0.05, 0.1) is 5.52 Å². The zero-order valence-corrected chi connectivity index (χ0v) is 7.62. The van der Waals surface area contributed by atoms with Gasteiger partial charge in [-0.25, -0.2) is 0 Å². The van der Waals surface area contributed by atoms with Crippen molar-refractivity contribution in [1.82, 2.24) is 4.98 Å². The van der Waals surface area contributed by atoms with Gasteiger partial charge in [0.2, 0.25) is 0 Å². The van der Waals surface area contributed by atoms with Crippen LogP contribution in [0.3, 0.4) is 0 Å². The molecule has 0 spiro atoms. The molecule has 0 bridgehead atoms. The van der Waals surface area contributed by atoms with Crippen molar-refractivity contribution in [3.63, 3.8) is 0 Å². The molecule has 1 heterocycles. The van der Waals surface area contributed by atoms with Gasteiger partial charge < -0.3 is 5.73 Å². The Bertz CT molecular complexity index is 435. The molecule has 0 unspecified atom stereocenters. The second kappa shape index (κ2) is 3.15. The molecule has 0 radical (unpaired) electrons. The Morgan fingerprint density at radius 2 is 2.15 bits per heavy atom. The summed E-state index contributed by atoms with van der Waals surface area (Å²) < 4.78 is 0. The Morgan fingerprint density at radius 1 is 1.31 bits per heavy atom. The van der Waals surface area contributed by atoms with Crippen LogP contribution in [0.4, 0.5) is 0 Å². The number of nitrogens with two attached hydrogens (primary N) is 1. The number of hydrogen-bond acceptors (Lipinski definition) is 2. The summed E-state index contributed by atoms with van der Waals surface area (Å²) >= 11 is 0. The molecule has 13 heavy (non-hydrogen) atoms. The third-order valence-electron chi connectivity index (χ3n) is 2.33. The quantitative estimate of drug-likeness (QED) is 0.714. The first-order valence-electron chi connectivity index (χ1n) is 4.36. The number of aromatic nitrogens is 1. The average molecular weight is 172 g/mol. The van der Waals surface area contributed by atoms with Crippen molar-refractivity contribution < 1.29 is 0 Å². The number of pyridine rings is 1. The number of rotatable bonds is 1. The van der Waals surface area contributed by atoms with Crippen LogP contribution in [0.1, 0.15) is 11.1 Å². The monoisotopic (exact) mass is 172 g/mol. The van der Waals surface area contributed by atoms with Crippen LogP contribution in [0.25, 0.3) is 10.9 Å². The van der Waals surface area contributed by atoms with Gasteiger partial charge in [0.15, 0.2) is 0 Å². The lowest BCUT2D eigenvalue weighted by Crippen LogP contribution is -2.00. The first-order valence-corrected chi connectivity index (χ1v) is 4.36. The van der Waals surface area contributed by atoms with Gasteiger partial charge in [-0.1, -0.05) is 12.1 Å². The highest BCUT2D eigenvalue weighted by Gasteiger charge is 2.02. The Morgan fingerprint density at radius 3 is 2.92 bits per heavy atom. The lowest BCUT2D eigenvalue weighted by Gasteiger charge is -2.06. The maximum absolute atomic E-state index is 5.69. The molecule has 0 amide bonds. The third-order valence-corrected chi connectivity index (χ3v) is 2.33. The van der Waals surface area contributed by atoms with E-state index in [1.54, 1.807) is 6.20 Å². The molecule has 0 atom stereocenters. The van der Waals surface area contributed by atoms with E-state index in [2.05, 4.69) is 24.0 Å². The smallest absolute Gasteiger partial charge is 0.0705 e. The van der Waals surface area contributed by atoms with Gasteiger partial charge in [-0.2, -0.15) is 0 Å². The molecule has 0 saturated carbocycles. The highest BCUT2D eigenvalue weighted by Crippen LogP contribution is 2.19. The van der Waals surface area contributed by atoms with Crippen LogP contribution in [0.2, 0.25) is 0 Å². The fourth-order valence-corrected chi connectivity index (χ4v) is 1.59. The summed E-state index contributed by atoms with van der Waals surface area (Å²) in [6.45, 7) is 2.66. The lowest BCUT2D eigenvalue weighted by molar-refractivity contribution is 1.06. The minimum atomic E-state index is 0.578. The fraction of sp³-hybridized carbons (Fsp3) is 0.182. The Labute approximate surface area is 77.4 Å². The van der Waals surface area contributed by atoms with Crippen LogP contribution in [0, 0.1) is 6.92 Å². The second-order valence-corrected chi connectivity index (χ2v) is 3.14. The van der Waals surface area contributed by atoms with Gasteiger partial charge in [0, 0.05) is 18.1 Å². The maximum atomic E-state index is 5.69. The highest BCUT2D eigenvalue weighted by atomic mass is 14.6. The Hall–Kier alpha value is -1.41. The van der Waals surface area contributed by atoms with Crippen molar-refractivity contribution in [3.8, 4) is 0 Å². The topological polar surface area (TPSA) is 38.9 Å². The molecule has 2 rings (SSSR count). The standard InChI is InChI=1S/C11H12N2/c1-8-4-5-11-9(10(8)7-12)3-2-6-13-11/h2-6H,7,12H2,1H3. The van der Waals surface area contributed by atoms with E-state index in [1.807, 2.05) is 12.1 Å². The van der Waals surface area contributed by atoms with Crippen LogP contribution in [0.15, 0.2) is 30.5 Å². The molecule has 0 saturated heterocycles. The molecular weight excluding hydrogens is 160 g/mol. The van der Waals surface area contributed by atoms with Gasteiger partial charge in [-0.15, -0.1) is 0 Å². The SMILES string of the molecule is Cc1ccc2ncccc2c1CN. The number of benzene rings is 1. The summed E-state index contributed by atoms with van der Waals surface area (Å²) in [4.78, 5) is 4.28. The molecule has 2 heteroatoms. The molecule has 0 fully saturated rings. The molecule has 1 aromatic carbocycles. The van der Waals surface area contributed by atoms with Crippen molar-refractivity contribution in [2.45, 2.75) is 13.5 Å². The van der Waals surface area contributed by atoms with Crippen molar-refractivity contribution in [2.75, 3.05) is 0 Å².